The third kappa shape index (κ3) is 3.78. The van der Waals surface area contributed by atoms with Crippen LogP contribution in [0.5, 0.6) is 11.5 Å². The highest BCUT2D eigenvalue weighted by Gasteiger charge is 2.25. The van der Waals surface area contributed by atoms with Gasteiger partial charge in [0.15, 0.2) is 0 Å². The van der Waals surface area contributed by atoms with Crippen molar-refractivity contribution < 1.29 is 4.74 Å². The molecule has 1 N–H and O–H groups in total. The van der Waals surface area contributed by atoms with Gasteiger partial charge in [-0.1, -0.05) is 43.6 Å². The third-order valence-electron chi connectivity index (χ3n) is 5.09. The van der Waals surface area contributed by atoms with Crippen molar-refractivity contribution in [2.75, 3.05) is 11.9 Å². The zero-order valence-electron chi connectivity index (χ0n) is 14.4. The lowest BCUT2D eigenvalue weighted by atomic mass is 10.0. The highest BCUT2D eigenvalue weighted by atomic mass is 28.3. The van der Waals surface area contributed by atoms with Gasteiger partial charge in [-0.3, -0.25) is 0 Å². The maximum absolute atomic E-state index is 6.03. The van der Waals surface area contributed by atoms with Crippen LogP contribution in [-0.4, -0.2) is 15.3 Å². The van der Waals surface area contributed by atoms with Crippen LogP contribution in [0.15, 0.2) is 42.5 Å². The molecule has 0 aliphatic carbocycles. The minimum Gasteiger partial charge on any atom is -0.457 e. The van der Waals surface area contributed by atoms with Crippen molar-refractivity contribution in [1.29, 1.82) is 0 Å². The number of nitrogens with one attached hydrogen (secondary N) is 1. The average molecular weight is 326 g/mol. The summed E-state index contributed by atoms with van der Waals surface area (Å²) in [5, 5.41) is 3.64. The number of aryl methyl sites for hydroxylation is 1. The van der Waals surface area contributed by atoms with Crippen LogP contribution in [0, 0.1) is 6.92 Å². The van der Waals surface area contributed by atoms with Crippen LogP contribution in [0.2, 0.25) is 17.6 Å². The first-order valence-corrected chi connectivity index (χ1v) is 11.1. The Bertz CT molecular complexity index is 649. The maximum Gasteiger partial charge on any atom is 0.127 e. The van der Waals surface area contributed by atoms with Crippen molar-refractivity contribution in [3.8, 4) is 11.5 Å². The van der Waals surface area contributed by atoms with Gasteiger partial charge in [-0.05, 0) is 54.8 Å². The van der Waals surface area contributed by atoms with Crippen molar-refractivity contribution in [2.45, 2.75) is 44.8 Å². The molecule has 2 nitrogen and oxygen atoms in total. The fourth-order valence-corrected chi connectivity index (χ4v) is 6.55. The normalized spacial score (nSPS) is 16.8. The lowest BCUT2D eigenvalue weighted by Crippen LogP contribution is -2.30. The molecule has 1 aliphatic rings. The molecule has 0 saturated carbocycles. The highest BCUT2D eigenvalue weighted by molar-refractivity contribution is 6.60. The van der Waals surface area contributed by atoms with E-state index in [2.05, 4.69) is 56.4 Å². The molecule has 23 heavy (non-hydrogen) atoms. The summed E-state index contributed by atoms with van der Waals surface area (Å²) in [5.74, 6) is 1.85. The van der Waals surface area contributed by atoms with Crippen molar-refractivity contribution in [1.82, 2.24) is 0 Å². The van der Waals surface area contributed by atoms with E-state index in [1.54, 1.807) is 0 Å². The smallest absolute Gasteiger partial charge is 0.127 e. The summed E-state index contributed by atoms with van der Waals surface area (Å²) < 4.78 is 6.03. The van der Waals surface area contributed by atoms with E-state index in [1.807, 2.05) is 12.1 Å². The van der Waals surface area contributed by atoms with E-state index in [4.69, 9.17) is 4.74 Å². The Hall–Kier alpha value is -1.74. The lowest BCUT2D eigenvalue weighted by Gasteiger charge is -2.31. The fraction of sp³-hybridized carbons (Fsp3) is 0.400. The first-order chi connectivity index (χ1) is 11.2. The largest absolute Gasteiger partial charge is 0.457 e. The van der Waals surface area contributed by atoms with Crippen molar-refractivity contribution in [3.63, 3.8) is 0 Å². The van der Waals surface area contributed by atoms with Gasteiger partial charge < -0.3 is 10.1 Å². The molecule has 0 fully saturated rings. The molecule has 1 heterocycles. The summed E-state index contributed by atoms with van der Waals surface area (Å²) >= 11 is 0. The standard InChI is InChI=1S/C20H27NOSi/c1-4-23(5-2)19-13-16-12-18(10-11-20(16)21-14-19)22-17-8-6-15(3)7-9-17/h6-12,19,21,23H,4-5,13-14H2,1-3H3. The second-order valence-electron chi connectivity index (χ2n) is 6.66. The molecule has 2 aromatic rings. The molecular weight excluding hydrogens is 298 g/mol. The number of rotatable bonds is 5. The van der Waals surface area contributed by atoms with Gasteiger partial charge in [-0.15, -0.1) is 0 Å². The monoisotopic (exact) mass is 325 g/mol. The number of hydrogen-bond donors (Lipinski definition) is 1. The molecule has 1 unspecified atom stereocenters. The van der Waals surface area contributed by atoms with Gasteiger partial charge in [-0.25, -0.2) is 0 Å². The average Bonchev–Trinajstić information content (AvgIpc) is 2.58. The van der Waals surface area contributed by atoms with E-state index in [0.29, 0.717) is 0 Å². The van der Waals surface area contributed by atoms with E-state index in [-0.39, 0.29) is 0 Å². The van der Waals surface area contributed by atoms with Crippen LogP contribution in [0.3, 0.4) is 0 Å². The predicted octanol–water partition coefficient (Wildman–Crippen LogP) is 5.39. The first-order valence-electron chi connectivity index (χ1n) is 8.81. The van der Waals surface area contributed by atoms with Crippen LogP contribution < -0.4 is 10.1 Å². The van der Waals surface area contributed by atoms with E-state index < -0.39 is 8.80 Å². The Morgan fingerprint density at radius 3 is 2.43 bits per heavy atom. The van der Waals surface area contributed by atoms with Crippen molar-refractivity contribution >= 4 is 14.5 Å². The third-order valence-corrected chi connectivity index (χ3v) is 8.99. The van der Waals surface area contributed by atoms with Gasteiger partial charge in [0.25, 0.3) is 0 Å². The molecule has 122 valence electrons. The molecule has 0 amide bonds. The van der Waals surface area contributed by atoms with Crippen LogP contribution in [0.25, 0.3) is 0 Å². The summed E-state index contributed by atoms with van der Waals surface area (Å²) in [7, 11) is -0.625. The number of fused-ring (bicyclic) bond motifs is 1. The molecule has 1 atom stereocenters. The summed E-state index contributed by atoms with van der Waals surface area (Å²) in [6.07, 6.45) is 1.21. The quantitative estimate of drug-likeness (QED) is 0.744. The highest BCUT2D eigenvalue weighted by Crippen LogP contribution is 2.34. The topological polar surface area (TPSA) is 21.3 Å². The van der Waals surface area contributed by atoms with Gasteiger partial charge in [-0.2, -0.15) is 0 Å². The Balaban J connectivity index is 1.76. The summed E-state index contributed by atoms with van der Waals surface area (Å²) in [5.41, 5.74) is 4.83. The molecule has 0 aromatic heterocycles. The Labute approximate surface area is 141 Å². The van der Waals surface area contributed by atoms with Crippen LogP contribution >= 0.6 is 0 Å². The Morgan fingerprint density at radius 2 is 1.74 bits per heavy atom. The van der Waals surface area contributed by atoms with Gasteiger partial charge in [0.05, 0.1) is 0 Å². The number of anilines is 1. The molecule has 0 radical (unpaired) electrons. The van der Waals surface area contributed by atoms with Crippen molar-refractivity contribution in [2.24, 2.45) is 0 Å². The van der Waals surface area contributed by atoms with Crippen molar-refractivity contribution in [3.05, 3.63) is 53.6 Å². The Kier molecular flexibility index (Phi) is 5.06. The van der Waals surface area contributed by atoms with Crippen LogP contribution in [0.4, 0.5) is 5.69 Å². The minimum absolute atomic E-state index is 0.625. The van der Waals surface area contributed by atoms with E-state index in [9.17, 15) is 0 Å². The molecule has 0 bridgehead atoms. The first kappa shape index (κ1) is 16.1. The molecule has 2 aromatic carbocycles. The van der Waals surface area contributed by atoms with Gasteiger partial charge in [0.2, 0.25) is 0 Å². The molecule has 0 spiro atoms. The number of hydrogen-bond acceptors (Lipinski definition) is 2. The SMILES string of the molecule is CC[SiH](CC)C1CNc2ccc(Oc3ccc(C)cc3)cc2C1. The number of ether oxygens (including phenoxy) is 1. The Morgan fingerprint density at radius 1 is 1.04 bits per heavy atom. The second-order valence-corrected chi connectivity index (χ2v) is 10.8. The summed E-state index contributed by atoms with van der Waals surface area (Å²) in [4.78, 5) is 0. The molecule has 1 aliphatic heterocycles. The minimum atomic E-state index is -0.625. The zero-order chi connectivity index (χ0) is 16.2. The van der Waals surface area contributed by atoms with Crippen LogP contribution in [-0.2, 0) is 6.42 Å². The van der Waals surface area contributed by atoms with Gasteiger partial charge in [0, 0.05) is 21.0 Å². The zero-order valence-corrected chi connectivity index (χ0v) is 15.6. The lowest BCUT2D eigenvalue weighted by molar-refractivity contribution is 0.481. The molecule has 3 rings (SSSR count). The number of benzene rings is 2. The molecular formula is C20H27NOSi. The molecule has 3 heteroatoms. The second kappa shape index (κ2) is 7.22. The van der Waals surface area contributed by atoms with E-state index in [1.165, 1.54) is 35.3 Å². The van der Waals surface area contributed by atoms with Gasteiger partial charge in [0.1, 0.15) is 11.5 Å². The van der Waals surface area contributed by atoms with E-state index >= 15 is 0 Å². The van der Waals surface area contributed by atoms with E-state index in [0.717, 1.165) is 23.6 Å². The predicted molar refractivity (Wildman–Crippen MR) is 102 cm³/mol. The fourth-order valence-electron chi connectivity index (χ4n) is 3.60. The molecule has 0 saturated heterocycles. The maximum atomic E-state index is 6.03. The van der Waals surface area contributed by atoms with Gasteiger partial charge >= 0.3 is 0 Å². The van der Waals surface area contributed by atoms with Crippen LogP contribution in [0.1, 0.15) is 25.0 Å². The summed E-state index contributed by atoms with van der Waals surface area (Å²) in [6.45, 7) is 7.99. The summed E-state index contributed by atoms with van der Waals surface area (Å²) in [6, 6.07) is 17.5.